The summed E-state index contributed by atoms with van der Waals surface area (Å²) in [6.45, 7) is 2.12. The largest absolute Gasteiger partial charge is 0.485 e. The van der Waals surface area contributed by atoms with Gasteiger partial charge in [0.1, 0.15) is 5.75 Å². The summed E-state index contributed by atoms with van der Waals surface area (Å²) in [5.41, 5.74) is 1.73. The minimum Gasteiger partial charge on any atom is -0.485 e. The van der Waals surface area contributed by atoms with Crippen LogP contribution in [-0.2, 0) is 20.3 Å². The molecule has 2 aromatic rings. The van der Waals surface area contributed by atoms with Gasteiger partial charge in [0, 0.05) is 5.56 Å². The second-order valence-electron chi connectivity index (χ2n) is 3.71. The molecule has 17 heavy (non-hydrogen) atoms. The molecule has 0 unspecified atom stereocenters. The Hall–Kier alpha value is -1.95. The molecule has 0 saturated carbocycles. The Bertz CT molecular complexity index is 510. The fraction of sp³-hybridized carbons (Fsp3) is 0.364. The maximum atomic E-state index is 9.22. The van der Waals surface area contributed by atoms with Crippen molar-refractivity contribution in [2.45, 2.75) is 20.1 Å². The van der Waals surface area contributed by atoms with E-state index in [0.717, 1.165) is 11.1 Å². The summed E-state index contributed by atoms with van der Waals surface area (Å²) >= 11 is 0. The van der Waals surface area contributed by atoms with Crippen molar-refractivity contribution >= 4 is 0 Å². The summed E-state index contributed by atoms with van der Waals surface area (Å²) in [6, 6.07) is 5.64. The SMILES string of the molecule is Cc1cccc(CO)c1OCc1nnn(C)n1. The van der Waals surface area contributed by atoms with Crippen LogP contribution in [0.25, 0.3) is 0 Å². The maximum absolute atomic E-state index is 9.22. The lowest BCUT2D eigenvalue weighted by Gasteiger charge is -2.11. The van der Waals surface area contributed by atoms with Crippen LogP contribution in [0.15, 0.2) is 18.2 Å². The van der Waals surface area contributed by atoms with Crippen LogP contribution in [0.4, 0.5) is 0 Å². The van der Waals surface area contributed by atoms with Crippen LogP contribution in [-0.4, -0.2) is 25.3 Å². The van der Waals surface area contributed by atoms with Crippen LogP contribution >= 0.6 is 0 Å². The summed E-state index contributed by atoms with van der Waals surface area (Å²) in [4.78, 5) is 1.38. The summed E-state index contributed by atoms with van der Waals surface area (Å²) in [6.07, 6.45) is 0. The Balaban J connectivity index is 2.13. The molecule has 0 saturated heterocycles. The van der Waals surface area contributed by atoms with Crippen molar-refractivity contribution in [3.8, 4) is 5.75 Å². The van der Waals surface area contributed by atoms with Gasteiger partial charge in [-0.05, 0) is 17.7 Å². The van der Waals surface area contributed by atoms with Crippen molar-refractivity contribution in [2.24, 2.45) is 7.05 Å². The first kappa shape index (κ1) is 11.5. The molecule has 1 aromatic heterocycles. The zero-order valence-electron chi connectivity index (χ0n) is 9.79. The third-order valence-corrected chi connectivity index (χ3v) is 2.36. The highest BCUT2D eigenvalue weighted by atomic mass is 16.5. The highest BCUT2D eigenvalue weighted by Crippen LogP contribution is 2.23. The molecule has 0 aliphatic rings. The molecule has 1 heterocycles. The van der Waals surface area contributed by atoms with Gasteiger partial charge in [-0.2, -0.15) is 4.80 Å². The standard InChI is InChI=1S/C11H14N4O2/c1-8-4-3-5-9(6-16)11(8)17-7-10-12-14-15(2)13-10/h3-5,16H,6-7H2,1-2H3. The number of hydrogen-bond donors (Lipinski definition) is 1. The number of aryl methyl sites for hydroxylation is 2. The van der Waals surface area contributed by atoms with Gasteiger partial charge in [0.05, 0.1) is 13.7 Å². The topological polar surface area (TPSA) is 73.1 Å². The molecule has 6 heteroatoms. The lowest BCUT2D eigenvalue weighted by atomic mass is 10.1. The second kappa shape index (κ2) is 4.92. The number of rotatable bonds is 4. The van der Waals surface area contributed by atoms with E-state index in [0.29, 0.717) is 11.6 Å². The number of benzene rings is 1. The summed E-state index contributed by atoms with van der Waals surface area (Å²) < 4.78 is 5.62. The summed E-state index contributed by atoms with van der Waals surface area (Å²) in [5, 5.41) is 20.8. The fourth-order valence-corrected chi connectivity index (χ4v) is 1.56. The van der Waals surface area contributed by atoms with E-state index < -0.39 is 0 Å². The zero-order valence-corrected chi connectivity index (χ0v) is 9.79. The first-order valence-corrected chi connectivity index (χ1v) is 5.25. The van der Waals surface area contributed by atoms with Crippen molar-refractivity contribution in [3.05, 3.63) is 35.2 Å². The molecule has 1 N–H and O–H groups in total. The van der Waals surface area contributed by atoms with Crippen LogP contribution in [0.3, 0.4) is 0 Å². The lowest BCUT2D eigenvalue weighted by molar-refractivity contribution is 0.254. The zero-order chi connectivity index (χ0) is 12.3. The smallest absolute Gasteiger partial charge is 0.212 e. The van der Waals surface area contributed by atoms with E-state index in [1.165, 1.54) is 4.80 Å². The monoisotopic (exact) mass is 234 g/mol. The third-order valence-electron chi connectivity index (χ3n) is 2.36. The molecule has 0 atom stereocenters. The average molecular weight is 234 g/mol. The van der Waals surface area contributed by atoms with Crippen LogP contribution in [0, 0.1) is 6.92 Å². The van der Waals surface area contributed by atoms with Gasteiger partial charge in [0.25, 0.3) is 0 Å². The number of aromatic nitrogens is 4. The molecule has 0 bridgehead atoms. The minimum atomic E-state index is -0.0507. The highest BCUT2D eigenvalue weighted by Gasteiger charge is 2.08. The maximum Gasteiger partial charge on any atom is 0.212 e. The van der Waals surface area contributed by atoms with Gasteiger partial charge in [-0.25, -0.2) is 0 Å². The molecule has 0 aliphatic carbocycles. The molecule has 6 nitrogen and oxygen atoms in total. The minimum absolute atomic E-state index is 0.0507. The molecule has 0 fully saturated rings. The number of tetrazole rings is 1. The average Bonchev–Trinajstić information content (AvgIpc) is 2.73. The van der Waals surface area contributed by atoms with E-state index >= 15 is 0 Å². The van der Waals surface area contributed by atoms with Crippen molar-refractivity contribution in [1.29, 1.82) is 0 Å². The summed E-state index contributed by atoms with van der Waals surface area (Å²) in [7, 11) is 1.70. The first-order valence-electron chi connectivity index (χ1n) is 5.25. The Labute approximate surface area is 98.8 Å². The Morgan fingerprint density at radius 2 is 2.24 bits per heavy atom. The number of hydrogen-bond acceptors (Lipinski definition) is 5. The number of aliphatic hydroxyl groups is 1. The van der Waals surface area contributed by atoms with Gasteiger partial charge >= 0.3 is 0 Å². The number of ether oxygens (including phenoxy) is 1. The van der Waals surface area contributed by atoms with E-state index in [9.17, 15) is 5.11 Å². The molecule has 90 valence electrons. The van der Waals surface area contributed by atoms with E-state index in [1.54, 1.807) is 7.05 Å². The van der Waals surface area contributed by atoms with Gasteiger partial charge in [-0.3, -0.25) is 0 Å². The molecule has 0 radical (unpaired) electrons. The third kappa shape index (κ3) is 2.59. The van der Waals surface area contributed by atoms with Crippen LogP contribution < -0.4 is 4.74 Å². The molecule has 0 aliphatic heterocycles. The molecule has 2 rings (SSSR count). The molecule has 1 aromatic carbocycles. The molecular weight excluding hydrogens is 220 g/mol. The van der Waals surface area contributed by atoms with E-state index in [2.05, 4.69) is 15.4 Å². The van der Waals surface area contributed by atoms with Crippen molar-refractivity contribution in [2.75, 3.05) is 0 Å². The predicted molar refractivity (Wildman–Crippen MR) is 60.2 cm³/mol. The molecule has 0 amide bonds. The second-order valence-corrected chi connectivity index (χ2v) is 3.71. The van der Waals surface area contributed by atoms with Crippen LogP contribution in [0.2, 0.25) is 0 Å². The predicted octanol–water partition coefficient (Wildman–Crippen LogP) is 0.590. The van der Waals surface area contributed by atoms with Crippen molar-refractivity contribution in [3.63, 3.8) is 0 Å². The normalized spacial score (nSPS) is 10.5. The highest BCUT2D eigenvalue weighted by molar-refractivity contribution is 5.40. The van der Waals surface area contributed by atoms with E-state index in [-0.39, 0.29) is 13.2 Å². The number of nitrogens with zero attached hydrogens (tertiary/aromatic N) is 4. The Kier molecular flexibility index (Phi) is 3.34. The van der Waals surface area contributed by atoms with Gasteiger partial charge in [-0.1, -0.05) is 18.2 Å². The molecular formula is C11H14N4O2. The lowest BCUT2D eigenvalue weighted by Crippen LogP contribution is -2.02. The fourth-order valence-electron chi connectivity index (χ4n) is 1.56. The van der Waals surface area contributed by atoms with Gasteiger partial charge in [-0.15, -0.1) is 10.2 Å². The number of aliphatic hydroxyl groups excluding tert-OH is 1. The first-order chi connectivity index (χ1) is 8.20. The van der Waals surface area contributed by atoms with Gasteiger partial charge in [0.15, 0.2) is 6.61 Å². The van der Waals surface area contributed by atoms with E-state index in [4.69, 9.17) is 4.74 Å². The molecule has 0 spiro atoms. The quantitative estimate of drug-likeness (QED) is 0.838. The van der Waals surface area contributed by atoms with E-state index in [1.807, 2.05) is 25.1 Å². The Morgan fingerprint density at radius 1 is 1.41 bits per heavy atom. The number of para-hydroxylation sites is 1. The van der Waals surface area contributed by atoms with Crippen molar-refractivity contribution in [1.82, 2.24) is 20.2 Å². The summed E-state index contributed by atoms with van der Waals surface area (Å²) in [5.74, 6) is 1.20. The van der Waals surface area contributed by atoms with Crippen LogP contribution in [0.1, 0.15) is 17.0 Å². The van der Waals surface area contributed by atoms with Gasteiger partial charge < -0.3 is 9.84 Å². The van der Waals surface area contributed by atoms with Gasteiger partial charge in [0.2, 0.25) is 5.82 Å². The van der Waals surface area contributed by atoms with Crippen molar-refractivity contribution < 1.29 is 9.84 Å². The van der Waals surface area contributed by atoms with Crippen LogP contribution in [0.5, 0.6) is 5.75 Å². The Morgan fingerprint density at radius 3 is 2.88 bits per heavy atom.